The molecule has 3 aliphatic rings. The Morgan fingerprint density at radius 1 is 0.839 bits per heavy atom. The molecule has 0 bridgehead atoms. The molecule has 4 rings (SSSR count). The van der Waals surface area contributed by atoms with Gasteiger partial charge in [0.05, 0.1) is 11.0 Å². The Labute approximate surface area is 190 Å². The van der Waals surface area contributed by atoms with Gasteiger partial charge < -0.3 is 0 Å². The highest BCUT2D eigenvalue weighted by Crippen LogP contribution is 2.53. The Morgan fingerprint density at radius 2 is 1.52 bits per heavy atom. The molecule has 3 nitrogen and oxygen atoms in total. The quantitative estimate of drug-likeness (QED) is 0.311. The van der Waals surface area contributed by atoms with Gasteiger partial charge in [-0.2, -0.15) is 8.42 Å². The van der Waals surface area contributed by atoms with E-state index in [2.05, 4.69) is 6.92 Å². The predicted octanol–water partition coefficient (Wildman–Crippen LogP) is 7.28. The van der Waals surface area contributed by atoms with Gasteiger partial charge in [0.1, 0.15) is 0 Å². The molecule has 174 valence electrons. The number of rotatable bonds is 8. The maximum Gasteiger partial charge on any atom is 0.297 e. The molecule has 4 heteroatoms. The van der Waals surface area contributed by atoms with Crippen LogP contribution in [0.15, 0.2) is 29.2 Å². The third-order valence-electron chi connectivity index (χ3n) is 8.64. The molecule has 0 saturated heterocycles. The van der Waals surface area contributed by atoms with Gasteiger partial charge in [0.2, 0.25) is 0 Å². The van der Waals surface area contributed by atoms with Crippen molar-refractivity contribution in [2.45, 2.75) is 108 Å². The van der Waals surface area contributed by atoms with E-state index in [0.717, 1.165) is 48.5 Å². The average Bonchev–Trinajstić information content (AvgIpc) is 2.76. The normalized spacial score (nSPS) is 33.5. The zero-order valence-corrected chi connectivity index (χ0v) is 20.4. The highest BCUT2D eigenvalue weighted by molar-refractivity contribution is 7.86. The van der Waals surface area contributed by atoms with E-state index in [1.54, 1.807) is 12.1 Å². The van der Waals surface area contributed by atoms with Crippen LogP contribution >= 0.6 is 0 Å². The summed E-state index contributed by atoms with van der Waals surface area (Å²) in [6, 6.07) is 7.02. The Bertz CT molecular complexity index is 800. The Balaban J connectivity index is 1.29. The molecule has 0 radical (unpaired) electrons. The molecule has 0 N–H and O–H groups in total. The molecule has 3 fully saturated rings. The summed E-state index contributed by atoms with van der Waals surface area (Å²) in [7, 11) is -3.66. The van der Waals surface area contributed by atoms with Gasteiger partial charge >= 0.3 is 0 Å². The van der Waals surface area contributed by atoms with E-state index >= 15 is 0 Å². The summed E-state index contributed by atoms with van der Waals surface area (Å²) in [5.41, 5.74) is 1.06. The molecular weight excluding hydrogens is 404 g/mol. The standard InChI is InChI=1S/C27H42O3S/c1-3-4-5-6-7-21-10-16-26-22(18-21)11-12-23-19-24(13-17-27(23)26)30-31(28,29)25-14-8-20(2)9-15-25/h8-9,14-15,21-24,26-27H,3-7,10-13,16-19H2,1-2H3/t21-,22?,23?,24-,26?,27?/m1/s1. The molecule has 31 heavy (non-hydrogen) atoms. The largest absolute Gasteiger partial charge is 0.297 e. The number of hydrogen-bond acceptors (Lipinski definition) is 3. The van der Waals surface area contributed by atoms with E-state index < -0.39 is 10.1 Å². The van der Waals surface area contributed by atoms with Crippen molar-refractivity contribution in [1.29, 1.82) is 0 Å². The fraction of sp³-hybridized carbons (Fsp3) is 0.778. The number of unbranched alkanes of at least 4 members (excludes halogenated alkanes) is 3. The minimum absolute atomic E-state index is 0.140. The maximum atomic E-state index is 12.7. The van der Waals surface area contributed by atoms with Crippen LogP contribution in [0.4, 0.5) is 0 Å². The van der Waals surface area contributed by atoms with Gasteiger partial charge in [-0.05, 0) is 93.6 Å². The van der Waals surface area contributed by atoms with Gasteiger partial charge in [0, 0.05) is 0 Å². The summed E-state index contributed by atoms with van der Waals surface area (Å²) in [6.45, 7) is 4.26. The third kappa shape index (κ3) is 5.74. The SMILES string of the molecule is CCCCCC[C@@H]1CCC2C(CCC3C[C@H](OS(=O)(=O)c4ccc(C)cc4)CCC32)C1. The maximum absolute atomic E-state index is 12.7. The predicted molar refractivity (Wildman–Crippen MR) is 126 cm³/mol. The molecule has 3 aliphatic carbocycles. The number of fused-ring (bicyclic) bond motifs is 3. The molecule has 0 amide bonds. The molecule has 0 spiro atoms. The van der Waals surface area contributed by atoms with Crippen LogP contribution in [-0.4, -0.2) is 14.5 Å². The summed E-state index contributed by atoms with van der Waals surface area (Å²) in [4.78, 5) is 0.293. The zero-order chi connectivity index (χ0) is 21.8. The average molecular weight is 447 g/mol. The van der Waals surface area contributed by atoms with Crippen LogP contribution in [0, 0.1) is 36.5 Å². The van der Waals surface area contributed by atoms with E-state index in [1.807, 2.05) is 19.1 Å². The molecule has 0 aromatic heterocycles. The summed E-state index contributed by atoms with van der Waals surface area (Å²) in [5, 5.41) is 0. The van der Waals surface area contributed by atoms with Crippen LogP contribution in [0.5, 0.6) is 0 Å². The van der Waals surface area contributed by atoms with Crippen LogP contribution < -0.4 is 0 Å². The molecule has 1 aromatic carbocycles. The Kier molecular flexibility index (Phi) is 7.80. The topological polar surface area (TPSA) is 43.4 Å². The van der Waals surface area contributed by atoms with E-state index in [-0.39, 0.29) is 6.10 Å². The summed E-state index contributed by atoms with van der Waals surface area (Å²) < 4.78 is 31.2. The van der Waals surface area contributed by atoms with Crippen molar-refractivity contribution < 1.29 is 12.6 Å². The molecule has 1 aromatic rings. The van der Waals surface area contributed by atoms with E-state index in [4.69, 9.17) is 4.18 Å². The van der Waals surface area contributed by atoms with Gasteiger partial charge in [0.25, 0.3) is 10.1 Å². The smallest absolute Gasteiger partial charge is 0.263 e. The molecule has 3 saturated carbocycles. The first-order valence-corrected chi connectivity index (χ1v) is 14.4. The Morgan fingerprint density at radius 3 is 2.23 bits per heavy atom. The zero-order valence-electron chi connectivity index (χ0n) is 19.6. The monoisotopic (exact) mass is 446 g/mol. The lowest BCUT2D eigenvalue weighted by Gasteiger charge is -2.50. The van der Waals surface area contributed by atoms with Crippen molar-refractivity contribution in [3.8, 4) is 0 Å². The van der Waals surface area contributed by atoms with Crippen molar-refractivity contribution in [3.05, 3.63) is 29.8 Å². The summed E-state index contributed by atoms with van der Waals surface area (Å²) >= 11 is 0. The minimum Gasteiger partial charge on any atom is -0.263 e. The van der Waals surface area contributed by atoms with E-state index in [0.29, 0.717) is 10.8 Å². The highest BCUT2D eigenvalue weighted by Gasteiger charge is 2.45. The van der Waals surface area contributed by atoms with Crippen molar-refractivity contribution in [1.82, 2.24) is 0 Å². The summed E-state index contributed by atoms with van der Waals surface area (Å²) in [6.07, 6.45) is 16.8. The van der Waals surface area contributed by atoms with Crippen molar-refractivity contribution in [2.75, 3.05) is 0 Å². The van der Waals surface area contributed by atoms with Gasteiger partial charge in [-0.1, -0.05) is 63.1 Å². The fourth-order valence-electron chi connectivity index (χ4n) is 7.00. The molecule has 0 aliphatic heterocycles. The van der Waals surface area contributed by atoms with Crippen molar-refractivity contribution >= 4 is 10.1 Å². The van der Waals surface area contributed by atoms with Crippen LogP contribution in [-0.2, 0) is 14.3 Å². The lowest BCUT2D eigenvalue weighted by Crippen LogP contribution is -2.43. The number of aryl methyl sites for hydroxylation is 1. The second-order valence-corrected chi connectivity index (χ2v) is 12.3. The van der Waals surface area contributed by atoms with Crippen LogP contribution in [0.1, 0.15) is 96.0 Å². The molecule has 0 heterocycles. The first-order valence-electron chi connectivity index (χ1n) is 13.0. The van der Waals surface area contributed by atoms with Crippen molar-refractivity contribution in [2.24, 2.45) is 29.6 Å². The first kappa shape index (κ1) is 23.3. The molecular formula is C27H42O3S. The third-order valence-corrected chi connectivity index (χ3v) is 10.0. The lowest BCUT2D eigenvalue weighted by atomic mass is 9.56. The van der Waals surface area contributed by atoms with Crippen LogP contribution in [0.2, 0.25) is 0 Å². The molecule has 6 atom stereocenters. The van der Waals surface area contributed by atoms with Gasteiger partial charge in [0.15, 0.2) is 0 Å². The van der Waals surface area contributed by atoms with Gasteiger partial charge in [-0.3, -0.25) is 4.18 Å². The Hall–Kier alpha value is -0.870. The van der Waals surface area contributed by atoms with Gasteiger partial charge in [-0.15, -0.1) is 0 Å². The molecule has 4 unspecified atom stereocenters. The minimum atomic E-state index is -3.66. The first-order chi connectivity index (χ1) is 15.0. The fourth-order valence-corrected chi connectivity index (χ4v) is 8.11. The second kappa shape index (κ2) is 10.4. The van der Waals surface area contributed by atoms with E-state index in [9.17, 15) is 8.42 Å². The number of hydrogen-bond donors (Lipinski definition) is 0. The lowest BCUT2D eigenvalue weighted by molar-refractivity contribution is -0.0192. The number of benzene rings is 1. The van der Waals surface area contributed by atoms with Gasteiger partial charge in [-0.25, -0.2) is 0 Å². The van der Waals surface area contributed by atoms with Crippen LogP contribution in [0.3, 0.4) is 0 Å². The van der Waals surface area contributed by atoms with Crippen LogP contribution in [0.25, 0.3) is 0 Å². The second-order valence-electron chi connectivity index (χ2n) is 10.8. The van der Waals surface area contributed by atoms with E-state index in [1.165, 1.54) is 64.2 Å². The van der Waals surface area contributed by atoms with Crippen molar-refractivity contribution in [3.63, 3.8) is 0 Å². The highest BCUT2D eigenvalue weighted by atomic mass is 32.2. The summed E-state index contributed by atoms with van der Waals surface area (Å²) in [5.74, 6) is 4.25.